The lowest BCUT2D eigenvalue weighted by Gasteiger charge is -2.18. The van der Waals surface area contributed by atoms with Crippen molar-refractivity contribution in [3.63, 3.8) is 0 Å². The summed E-state index contributed by atoms with van der Waals surface area (Å²) >= 11 is 0. The van der Waals surface area contributed by atoms with E-state index < -0.39 is 4.92 Å². The summed E-state index contributed by atoms with van der Waals surface area (Å²) in [6, 6.07) is 4.69. The van der Waals surface area contributed by atoms with Crippen LogP contribution >= 0.6 is 0 Å². The number of nitrogens with zero attached hydrogens (tertiary/aromatic N) is 2. The molecule has 2 aromatic rings. The van der Waals surface area contributed by atoms with Gasteiger partial charge in [-0.2, -0.15) is 4.98 Å². The second kappa shape index (κ2) is 5.23. The number of non-ortho nitro benzene ring substituents is 1. The van der Waals surface area contributed by atoms with E-state index in [0.717, 1.165) is 0 Å². The topological polar surface area (TPSA) is 107 Å². The van der Waals surface area contributed by atoms with Crippen LogP contribution in [0.15, 0.2) is 22.6 Å². The molecule has 1 aromatic heterocycles. The molecule has 0 amide bonds. The summed E-state index contributed by atoms with van der Waals surface area (Å²) in [5, 5.41) is 13.8. The molecular formula is C12H16N4O3. The number of nitrogens with two attached hydrogens (primary N) is 1. The molecule has 0 saturated carbocycles. The molecule has 1 unspecified atom stereocenters. The molecule has 0 aliphatic rings. The van der Waals surface area contributed by atoms with E-state index in [1.807, 2.05) is 13.8 Å². The van der Waals surface area contributed by atoms with Crippen molar-refractivity contribution in [3.8, 4) is 0 Å². The summed E-state index contributed by atoms with van der Waals surface area (Å²) < 4.78 is 5.48. The molecule has 0 saturated heterocycles. The number of anilines is 1. The highest BCUT2D eigenvalue weighted by Crippen LogP contribution is 2.24. The van der Waals surface area contributed by atoms with Gasteiger partial charge in [0.25, 0.3) is 11.7 Å². The Morgan fingerprint density at radius 2 is 2.26 bits per heavy atom. The predicted molar refractivity (Wildman–Crippen MR) is 72.0 cm³/mol. The average molecular weight is 264 g/mol. The van der Waals surface area contributed by atoms with Crippen LogP contribution in [-0.4, -0.2) is 22.5 Å². The summed E-state index contributed by atoms with van der Waals surface area (Å²) in [7, 11) is 0. The zero-order chi connectivity index (χ0) is 14.0. The molecule has 1 heterocycles. The van der Waals surface area contributed by atoms with Crippen molar-refractivity contribution in [2.24, 2.45) is 11.7 Å². The molecule has 0 spiro atoms. The van der Waals surface area contributed by atoms with Crippen molar-refractivity contribution in [1.82, 2.24) is 4.98 Å². The van der Waals surface area contributed by atoms with Gasteiger partial charge >= 0.3 is 0 Å². The number of hydrogen-bond donors (Lipinski definition) is 2. The highest BCUT2D eigenvalue weighted by molar-refractivity contribution is 5.77. The summed E-state index contributed by atoms with van der Waals surface area (Å²) in [5.41, 5.74) is 6.61. The van der Waals surface area contributed by atoms with Crippen LogP contribution in [0.5, 0.6) is 0 Å². The van der Waals surface area contributed by atoms with Gasteiger partial charge in [-0.3, -0.25) is 10.1 Å². The lowest BCUT2D eigenvalue weighted by atomic mass is 10.1. The number of oxazole rings is 1. The number of nitrogens with one attached hydrogen (secondary N) is 1. The van der Waals surface area contributed by atoms with E-state index >= 15 is 0 Å². The number of nitro benzene ring substituents is 1. The van der Waals surface area contributed by atoms with Crippen molar-refractivity contribution < 1.29 is 9.34 Å². The van der Waals surface area contributed by atoms with E-state index in [9.17, 15) is 10.1 Å². The molecule has 1 aromatic carbocycles. The maximum atomic E-state index is 10.7. The van der Waals surface area contributed by atoms with Crippen molar-refractivity contribution in [2.75, 3.05) is 11.9 Å². The van der Waals surface area contributed by atoms with Crippen LogP contribution in [0.2, 0.25) is 0 Å². The van der Waals surface area contributed by atoms with Crippen molar-refractivity contribution >= 4 is 22.8 Å². The lowest BCUT2D eigenvalue weighted by molar-refractivity contribution is -0.384. The summed E-state index contributed by atoms with van der Waals surface area (Å²) in [6.45, 7) is 4.53. The third-order valence-corrected chi connectivity index (χ3v) is 2.95. The van der Waals surface area contributed by atoms with E-state index in [4.69, 9.17) is 10.2 Å². The quantitative estimate of drug-likeness (QED) is 0.632. The Hall–Kier alpha value is -2.15. The fourth-order valence-corrected chi connectivity index (χ4v) is 1.75. The van der Waals surface area contributed by atoms with E-state index in [2.05, 4.69) is 10.3 Å². The van der Waals surface area contributed by atoms with Crippen LogP contribution in [0.1, 0.15) is 13.8 Å². The SMILES string of the molecule is CC(C)C(CN)Nc1nc2cc([N+](=O)[O-])ccc2o1. The minimum atomic E-state index is -0.460. The molecular weight excluding hydrogens is 248 g/mol. The largest absolute Gasteiger partial charge is 0.424 e. The van der Waals surface area contributed by atoms with Crippen LogP contribution in [0, 0.1) is 16.0 Å². The Bertz CT molecular complexity index is 594. The van der Waals surface area contributed by atoms with Gasteiger partial charge in [0.05, 0.1) is 4.92 Å². The van der Waals surface area contributed by atoms with Gasteiger partial charge < -0.3 is 15.5 Å². The van der Waals surface area contributed by atoms with Gasteiger partial charge in [0, 0.05) is 24.7 Å². The summed E-state index contributed by atoms with van der Waals surface area (Å²) in [4.78, 5) is 14.4. The molecule has 7 heteroatoms. The van der Waals surface area contributed by atoms with Gasteiger partial charge in [0.1, 0.15) is 5.52 Å². The van der Waals surface area contributed by atoms with E-state index in [1.165, 1.54) is 12.1 Å². The number of aromatic nitrogens is 1. The van der Waals surface area contributed by atoms with Crippen molar-refractivity contribution in [1.29, 1.82) is 0 Å². The van der Waals surface area contributed by atoms with Crippen LogP contribution < -0.4 is 11.1 Å². The molecule has 2 rings (SSSR count). The first-order valence-corrected chi connectivity index (χ1v) is 6.03. The second-order valence-corrected chi connectivity index (χ2v) is 4.66. The van der Waals surface area contributed by atoms with E-state index in [1.54, 1.807) is 6.07 Å². The zero-order valence-corrected chi connectivity index (χ0v) is 10.8. The number of fused-ring (bicyclic) bond motifs is 1. The molecule has 0 bridgehead atoms. The first kappa shape index (κ1) is 13.3. The Balaban J connectivity index is 2.28. The van der Waals surface area contributed by atoms with Crippen LogP contribution in [-0.2, 0) is 0 Å². The standard InChI is InChI=1S/C12H16N4O3/c1-7(2)10(6-13)15-12-14-9-5-8(16(17)18)3-4-11(9)19-12/h3-5,7,10H,6,13H2,1-2H3,(H,14,15). The molecule has 7 nitrogen and oxygen atoms in total. The maximum absolute atomic E-state index is 10.7. The van der Waals surface area contributed by atoms with E-state index in [0.29, 0.717) is 29.6 Å². The van der Waals surface area contributed by atoms with Crippen molar-refractivity contribution in [2.45, 2.75) is 19.9 Å². The van der Waals surface area contributed by atoms with Crippen molar-refractivity contribution in [3.05, 3.63) is 28.3 Å². The third kappa shape index (κ3) is 2.82. The number of rotatable bonds is 5. The number of hydrogen-bond acceptors (Lipinski definition) is 6. The molecule has 0 radical (unpaired) electrons. The normalized spacial score (nSPS) is 12.8. The minimum absolute atomic E-state index is 0.00779. The fourth-order valence-electron chi connectivity index (χ4n) is 1.75. The Morgan fingerprint density at radius 3 is 2.84 bits per heavy atom. The zero-order valence-electron chi connectivity index (χ0n) is 10.8. The van der Waals surface area contributed by atoms with Crippen LogP contribution in [0.3, 0.4) is 0 Å². The van der Waals surface area contributed by atoms with Gasteiger partial charge in [0.15, 0.2) is 5.58 Å². The number of benzene rings is 1. The monoisotopic (exact) mass is 264 g/mol. The first-order chi connectivity index (χ1) is 9.01. The molecule has 0 fully saturated rings. The second-order valence-electron chi connectivity index (χ2n) is 4.66. The predicted octanol–water partition coefficient (Wildman–Crippen LogP) is 2.13. The minimum Gasteiger partial charge on any atom is -0.424 e. The van der Waals surface area contributed by atoms with Gasteiger partial charge in [0.2, 0.25) is 0 Å². The summed E-state index contributed by atoms with van der Waals surface area (Å²) in [5.74, 6) is 0.328. The van der Waals surface area contributed by atoms with Gasteiger partial charge in [-0.15, -0.1) is 0 Å². The van der Waals surface area contributed by atoms with Gasteiger partial charge in [-0.05, 0) is 12.0 Å². The smallest absolute Gasteiger partial charge is 0.295 e. The van der Waals surface area contributed by atoms with Gasteiger partial charge in [-0.25, -0.2) is 0 Å². The average Bonchev–Trinajstić information content (AvgIpc) is 2.76. The Labute approximate surface area is 109 Å². The number of nitro groups is 1. The third-order valence-electron chi connectivity index (χ3n) is 2.95. The molecule has 0 aliphatic heterocycles. The Morgan fingerprint density at radius 1 is 1.53 bits per heavy atom. The fraction of sp³-hybridized carbons (Fsp3) is 0.417. The molecule has 1 atom stereocenters. The molecule has 19 heavy (non-hydrogen) atoms. The summed E-state index contributed by atoms with van der Waals surface area (Å²) in [6.07, 6.45) is 0. The van der Waals surface area contributed by atoms with Gasteiger partial charge in [-0.1, -0.05) is 13.8 Å². The van der Waals surface area contributed by atoms with Crippen LogP contribution in [0.25, 0.3) is 11.1 Å². The lowest BCUT2D eigenvalue weighted by Crippen LogP contribution is -2.33. The highest BCUT2D eigenvalue weighted by Gasteiger charge is 2.16. The maximum Gasteiger partial charge on any atom is 0.295 e. The Kier molecular flexibility index (Phi) is 3.66. The highest BCUT2D eigenvalue weighted by atomic mass is 16.6. The van der Waals surface area contributed by atoms with E-state index in [-0.39, 0.29) is 11.7 Å². The molecule has 0 aliphatic carbocycles. The molecule has 3 N–H and O–H groups in total. The first-order valence-electron chi connectivity index (χ1n) is 6.03. The van der Waals surface area contributed by atoms with Crippen LogP contribution in [0.4, 0.5) is 11.7 Å². The molecule has 102 valence electrons.